The van der Waals surface area contributed by atoms with Gasteiger partial charge in [0.05, 0.1) is 11.5 Å². The lowest BCUT2D eigenvalue weighted by Crippen LogP contribution is -2.41. The molecule has 124 valence electrons. The molecule has 0 aliphatic carbocycles. The van der Waals surface area contributed by atoms with Crippen LogP contribution in [0.3, 0.4) is 0 Å². The molecule has 23 heavy (non-hydrogen) atoms. The van der Waals surface area contributed by atoms with Crippen molar-refractivity contribution in [3.8, 4) is 0 Å². The van der Waals surface area contributed by atoms with Gasteiger partial charge in [0.2, 0.25) is 5.91 Å². The van der Waals surface area contributed by atoms with Gasteiger partial charge >= 0.3 is 0 Å². The van der Waals surface area contributed by atoms with Crippen LogP contribution in [0.15, 0.2) is 30.3 Å². The molecule has 1 aliphatic rings. The van der Waals surface area contributed by atoms with Crippen molar-refractivity contribution in [2.45, 2.75) is 12.8 Å². The minimum absolute atomic E-state index is 0.0127. The lowest BCUT2D eigenvalue weighted by atomic mass is 10.1. The van der Waals surface area contributed by atoms with Crippen molar-refractivity contribution in [3.63, 3.8) is 0 Å². The molecule has 0 saturated carbocycles. The Morgan fingerprint density at radius 1 is 1.22 bits per heavy atom. The molecule has 6 nitrogen and oxygen atoms in total. The zero-order valence-electron chi connectivity index (χ0n) is 12.3. The Morgan fingerprint density at radius 3 is 2.52 bits per heavy atom. The number of hydrogen-bond acceptors (Lipinski definition) is 4. The van der Waals surface area contributed by atoms with Crippen molar-refractivity contribution in [3.05, 3.63) is 41.7 Å². The summed E-state index contributed by atoms with van der Waals surface area (Å²) < 4.78 is 35.3. The fourth-order valence-corrected chi connectivity index (χ4v) is 4.13. The molecule has 0 aromatic heterocycles. The van der Waals surface area contributed by atoms with E-state index in [1.165, 1.54) is 36.4 Å². The number of sulfone groups is 1. The first-order valence-electron chi connectivity index (χ1n) is 7.07. The van der Waals surface area contributed by atoms with Gasteiger partial charge in [-0.2, -0.15) is 0 Å². The van der Waals surface area contributed by atoms with Gasteiger partial charge in [-0.05, 0) is 36.1 Å². The van der Waals surface area contributed by atoms with Crippen LogP contribution in [-0.2, 0) is 19.4 Å². The van der Waals surface area contributed by atoms with Gasteiger partial charge in [0, 0.05) is 12.5 Å². The quantitative estimate of drug-likeness (QED) is 0.627. The summed E-state index contributed by atoms with van der Waals surface area (Å²) in [6, 6.07) is 5.57. The van der Waals surface area contributed by atoms with Crippen LogP contribution in [0.25, 0.3) is 6.08 Å². The number of rotatable bonds is 4. The maximum Gasteiger partial charge on any atom is 0.262 e. The minimum Gasteiger partial charge on any atom is -0.273 e. The first-order chi connectivity index (χ1) is 10.8. The van der Waals surface area contributed by atoms with Crippen LogP contribution in [0.1, 0.15) is 18.4 Å². The molecule has 2 rings (SSSR count). The highest BCUT2D eigenvalue weighted by Gasteiger charge is 2.29. The topological polar surface area (TPSA) is 92.3 Å². The molecule has 1 aliphatic heterocycles. The van der Waals surface area contributed by atoms with Gasteiger partial charge in [-0.1, -0.05) is 12.1 Å². The third-order valence-corrected chi connectivity index (χ3v) is 5.26. The average Bonchev–Trinajstić information content (AvgIpc) is 2.83. The minimum atomic E-state index is -3.02. The molecule has 0 spiro atoms. The van der Waals surface area contributed by atoms with Gasteiger partial charge in [-0.25, -0.2) is 12.8 Å². The zero-order chi connectivity index (χ0) is 16.9. The van der Waals surface area contributed by atoms with E-state index < -0.39 is 21.7 Å². The van der Waals surface area contributed by atoms with Crippen LogP contribution in [0.5, 0.6) is 0 Å². The van der Waals surface area contributed by atoms with Crippen LogP contribution in [0.2, 0.25) is 0 Å². The zero-order valence-corrected chi connectivity index (χ0v) is 13.1. The third kappa shape index (κ3) is 5.82. The SMILES string of the molecule is O=C(/C=C/c1ccc(F)cc1)NNC(=O)C[C@H]1CCS(=O)(=O)C1. The molecule has 2 amide bonds. The lowest BCUT2D eigenvalue weighted by Gasteiger charge is -2.08. The van der Waals surface area contributed by atoms with E-state index in [1.54, 1.807) is 0 Å². The second kappa shape index (κ2) is 7.36. The molecule has 1 saturated heterocycles. The molecule has 8 heteroatoms. The Kier molecular flexibility index (Phi) is 5.49. The summed E-state index contributed by atoms with van der Waals surface area (Å²) in [5.41, 5.74) is 5.09. The molecular weight excluding hydrogens is 323 g/mol. The summed E-state index contributed by atoms with van der Waals surface area (Å²) >= 11 is 0. The smallest absolute Gasteiger partial charge is 0.262 e. The van der Waals surface area contributed by atoms with Gasteiger partial charge in [0.25, 0.3) is 5.91 Å². The Hall–Kier alpha value is -2.22. The monoisotopic (exact) mass is 340 g/mol. The van der Waals surface area contributed by atoms with Crippen LogP contribution >= 0.6 is 0 Å². The molecule has 0 bridgehead atoms. The summed E-state index contributed by atoms with van der Waals surface area (Å²) in [5, 5.41) is 0. The molecule has 1 fully saturated rings. The Morgan fingerprint density at radius 2 is 1.91 bits per heavy atom. The summed E-state index contributed by atoms with van der Waals surface area (Å²) in [6.07, 6.45) is 3.20. The van der Waals surface area contributed by atoms with Crippen LogP contribution < -0.4 is 10.9 Å². The van der Waals surface area contributed by atoms with Crippen molar-refractivity contribution in [2.75, 3.05) is 11.5 Å². The van der Waals surface area contributed by atoms with E-state index in [0.717, 1.165) is 0 Å². The average molecular weight is 340 g/mol. The van der Waals surface area contributed by atoms with Gasteiger partial charge in [-0.3, -0.25) is 20.4 Å². The standard InChI is InChI=1S/C15H17FN2O4S/c16-13-4-1-11(2-5-13)3-6-14(19)17-18-15(20)9-12-7-8-23(21,22)10-12/h1-6,12H,7-10H2,(H,17,19)(H,18,20)/b6-3+/t12-/m1/s1. The fourth-order valence-electron chi connectivity index (χ4n) is 2.26. The van der Waals surface area contributed by atoms with Crippen LogP contribution in [-0.4, -0.2) is 31.7 Å². The first kappa shape index (κ1) is 17.1. The maximum atomic E-state index is 12.7. The number of benzene rings is 1. The van der Waals surface area contributed by atoms with Crippen molar-refractivity contribution < 1.29 is 22.4 Å². The molecule has 1 aromatic rings. The Bertz CT molecular complexity index is 713. The number of carbonyl (C=O) groups is 2. The maximum absolute atomic E-state index is 12.7. The van der Waals surface area contributed by atoms with E-state index in [0.29, 0.717) is 12.0 Å². The van der Waals surface area contributed by atoms with Crippen molar-refractivity contribution in [1.29, 1.82) is 0 Å². The van der Waals surface area contributed by atoms with E-state index in [1.807, 2.05) is 0 Å². The van der Waals surface area contributed by atoms with E-state index >= 15 is 0 Å². The van der Waals surface area contributed by atoms with Gasteiger partial charge < -0.3 is 0 Å². The van der Waals surface area contributed by atoms with E-state index in [9.17, 15) is 22.4 Å². The number of carbonyl (C=O) groups excluding carboxylic acids is 2. The predicted octanol–water partition coefficient (Wildman–Crippen LogP) is 0.811. The first-order valence-corrected chi connectivity index (χ1v) is 8.89. The number of halogens is 1. The van der Waals surface area contributed by atoms with Gasteiger partial charge in [-0.15, -0.1) is 0 Å². The van der Waals surface area contributed by atoms with E-state index in [-0.39, 0.29) is 29.7 Å². The largest absolute Gasteiger partial charge is 0.273 e. The molecule has 2 N–H and O–H groups in total. The highest BCUT2D eigenvalue weighted by molar-refractivity contribution is 7.91. The van der Waals surface area contributed by atoms with Gasteiger partial charge in [0.1, 0.15) is 5.82 Å². The molecule has 0 radical (unpaired) electrons. The molecule has 1 atom stereocenters. The number of hydrazine groups is 1. The Labute approximate surface area is 133 Å². The Balaban J connectivity index is 1.73. The number of hydrogen-bond donors (Lipinski definition) is 2. The molecular formula is C15H17FN2O4S. The molecule has 1 heterocycles. The van der Waals surface area contributed by atoms with Crippen molar-refractivity contribution in [1.82, 2.24) is 10.9 Å². The van der Waals surface area contributed by atoms with Crippen LogP contribution in [0.4, 0.5) is 4.39 Å². The highest BCUT2D eigenvalue weighted by atomic mass is 32.2. The number of amides is 2. The normalized spacial score (nSPS) is 19.6. The van der Waals surface area contributed by atoms with E-state index in [2.05, 4.69) is 10.9 Å². The van der Waals surface area contributed by atoms with E-state index in [4.69, 9.17) is 0 Å². The second-order valence-electron chi connectivity index (χ2n) is 5.40. The predicted molar refractivity (Wildman–Crippen MR) is 83.1 cm³/mol. The van der Waals surface area contributed by atoms with Crippen LogP contribution in [0, 0.1) is 11.7 Å². The second-order valence-corrected chi connectivity index (χ2v) is 7.62. The summed E-state index contributed by atoms with van der Waals surface area (Å²) in [6.45, 7) is 0. The summed E-state index contributed by atoms with van der Waals surface area (Å²) in [4.78, 5) is 23.2. The highest BCUT2D eigenvalue weighted by Crippen LogP contribution is 2.21. The lowest BCUT2D eigenvalue weighted by molar-refractivity contribution is -0.127. The summed E-state index contributed by atoms with van der Waals surface area (Å²) in [5.74, 6) is -1.42. The van der Waals surface area contributed by atoms with Crippen molar-refractivity contribution >= 4 is 27.7 Å². The van der Waals surface area contributed by atoms with Crippen molar-refractivity contribution in [2.24, 2.45) is 5.92 Å². The number of nitrogens with one attached hydrogen (secondary N) is 2. The fraction of sp³-hybridized carbons (Fsp3) is 0.333. The third-order valence-electron chi connectivity index (χ3n) is 3.42. The molecule has 1 aromatic carbocycles. The molecule has 0 unspecified atom stereocenters. The summed E-state index contributed by atoms with van der Waals surface area (Å²) in [7, 11) is -3.02. The van der Waals surface area contributed by atoms with Gasteiger partial charge in [0.15, 0.2) is 9.84 Å².